The van der Waals surface area contributed by atoms with E-state index in [0.29, 0.717) is 28.2 Å². The van der Waals surface area contributed by atoms with Crippen molar-refractivity contribution in [3.63, 3.8) is 0 Å². The molecule has 1 heterocycles. The van der Waals surface area contributed by atoms with Gasteiger partial charge in [0.2, 0.25) is 5.78 Å². The van der Waals surface area contributed by atoms with E-state index in [1.165, 1.54) is 30.3 Å². The van der Waals surface area contributed by atoms with Gasteiger partial charge in [0.05, 0.1) is 10.6 Å². The Hall–Kier alpha value is -3.18. The van der Waals surface area contributed by atoms with E-state index < -0.39 is 11.6 Å². The van der Waals surface area contributed by atoms with Crippen LogP contribution in [0.2, 0.25) is 5.02 Å². The Labute approximate surface area is 164 Å². The van der Waals surface area contributed by atoms with Gasteiger partial charge in [0, 0.05) is 11.6 Å². The lowest BCUT2D eigenvalue weighted by molar-refractivity contribution is 0.101. The third-order valence-electron chi connectivity index (χ3n) is 4.20. The standard InChI is InChI=1S/C22H13ClF2O3/c23-19-10-16(25)5-4-14(19)12-27-17-6-7-18-20(11-17)28-21(22(18)26)9-13-2-1-3-15(24)8-13/h1-11H,12H2/b21-9+. The van der Waals surface area contributed by atoms with Gasteiger partial charge in [0.15, 0.2) is 5.76 Å². The molecule has 0 saturated heterocycles. The number of hydrogen-bond donors (Lipinski definition) is 0. The number of allylic oxidation sites excluding steroid dienone is 1. The van der Waals surface area contributed by atoms with E-state index in [1.54, 1.807) is 36.4 Å². The molecule has 0 saturated carbocycles. The Bertz CT molecular complexity index is 1110. The van der Waals surface area contributed by atoms with Gasteiger partial charge < -0.3 is 9.47 Å². The van der Waals surface area contributed by atoms with E-state index in [0.717, 1.165) is 0 Å². The summed E-state index contributed by atoms with van der Waals surface area (Å²) in [6.07, 6.45) is 1.49. The Balaban J connectivity index is 1.52. The van der Waals surface area contributed by atoms with Crippen molar-refractivity contribution < 1.29 is 23.0 Å². The molecule has 0 unspecified atom stereocenters. The van der Waals surface area contributed by atoms with Gasteiger partial charge in [0.25, 0.3) is 0 Å². The zero-order valence-corrected chi connectivity index (χ0v) is 15.2. The molecule has 0 N–H and O–H groups in total. The smallest absolute Gasteiger partial charge is 0.231 e. The Morgan fingerprint density at radius 2 is 1.82 bits per heavy atom. The number of carbonyl (C=O) groups excluding carboxylic acids is 1. The number of halogens is 3. The highest BCUT2D eigenvalue weighted by atomic mass is 35.5. The van der Waals surface area contributed by atoms with Crippen LogP contribution in [-0.4, -0.2) is 5.78 Å². The minimum absolute atomic E-state index is 0.110. The third kappa shape index (κ3) is 3.75. The summed E-state index contributed by atoms with van der Waals surface area (Å²) in [5, 5.41) is 0.271. The van der Waals surface area contributed by atoms with Gasteiger partial charge >= 0.3 is 0 Å². The first-order chi connectivity index (χ1) is 13.5. The van der Waals surface area contributed by atoms with E-state index in [-0.39, 0.29) is 23.2 Å². The average Bonchev–Trinajstić information content (AvgIpc) is 2.96. The molecular formula is C22H13ClF2O3. The molecule has 0 amide bonds. The summed E-state index contributed by atoms with van der Waals surface area (Å²) >= 11 is 5.99. The van der Waals surface area contributed by atoms with E-state index >= 15 is 0 Å². The molecule has 3 nitrogen and oxygen atoms in total. The minimum atomic E-state index is -0.421. The number of benzene rings is 3. The molecule has 0 atom stereocenters. The Kier molecular flexibility index (Phi) is 4.84. The van der Waals surface area contributed by atoms with E-state index in [1.807, 2.05) is 0 Å². The van der Waals surface area contributed by atoms with Gasteiger partial charge in [0.1, 0.15) is 29.7 Å². The van der Waals surface area contributed by atoms with Crippen molar-refractivity contribution in [3.8, 4) is 11.5 Å². The van der Waals surface area contributed by atoms with Crippen LogP contribution in [-0.2, 0) is 6.61 Å². The monoisotopic (exact) mass is 398 g/mol. The fraction of sp³-hybridized carbons (Fsp3) is 0.0455. The van der Waals surface area contributed by atoms with Gasteiger partial charge in [-0.3, -0.25) is 4.79 Å². The second-order valence-electron chi connectivity index (χ2n) is 6.18. The normalized spacial score (nSPS) is 14.1. The maximum Gasteiger partial charge on any atom is 0.231 e. The minimum Gasteiger partial charge on any atom is -0.489 e. The molecule has 28 heavy (non-hydrogen) atoms. The Morgan fingerprint density at radius 3 is 2.61 bits per heavy atom. The highest BCUT2D eigenvalue weighted by Crippen LogP contribution is 2.35. The maximum atomic E-state index is 13.3. The summed E-state index contributed by atoms with van der Waals surface area (Å²) in [7, 11) is 0. The molecule has 3 aromatic rings. The van der Waals surface area contributed by atoms with E-state index in [4.69, 9.17) is 21.1 Å². The predicted molar refractivity (Wildman–Crippen MR) is 102 cm³/mol. The molecule has 0 radical (unpaired) electrons. The first-order valence-corrected chi connectivity index (χ1v) is 8.78. The highest BCUT2D eigenvalue weighted by molar-refractivity contribution is 6.31. The summed E-state index contributed by atoms with van der Waals surface area (Å²) in [6, 6.07) is 14.8. The number of ketones is 1. The summed E-state index contributed by atoms with van der Waals surface area (Å²) in [4.78, 5) is 12.5. The number of hydrogen-bond acceptors (Lipinski definition) is 3. The number of ether oxygens (including phenoxy) is 2. The predicted octanol–water partition coefficient (Wildman–Crippen LogP) is 5.81. The zero-order chi connectivity index (χ0) is 19.7. The van der Waals surface area contributed by atoms with E-state index in [2.05, 4.69) is 0 Å². The van der Waals surface area contributed by atoms with Crippen molar-refractivity contribution >= 4 is 23.5 Å². The number of rotatable bonds is 4. The van der Waals surface area contributed by atoms with Gasteiger partial charge in [-0.15, -0.1) is 0 Å². The van der Waals surface area contributed by atoms with Crippen molar-refractivity contribution in [2.45, 2.75) is 6.61 Å². The molecule has 4 rings (SSSR count). The van der Waals surface area contributed by atoms with Crippen LogP contribution in [0, 0.1) is 11.6 Å². The quantitative estimate of drug-likeness (QED) is 0.520. The van der Waals surface area contributed by atoms with Crippen LogP contribution in [0.4, 0.5) is 8.78 Å². The summed E-state index contributed by atoms with van der Waals surface area (Å²) in [6.45, 7) is 0.137. The van der Waals surface area contributed by atoms with Gasteiger partial charge in [-0.1, -0.05) is 29.8 Å². The fourth-order valence-corrected chi connectivity index (χ4v) is 3.03. The van der Waals surface area contributed by atoms with Crippen LogP contribution >= 0.6 is 11.6 Å². The molecule has 0 aliphatic carbocycles. The van der Waals surface area contributed by atoms with Crippen LogP contribution < -0.4 is 9.47 Å². The van der Waals surface area contributed by atoms with Crippen molar-refractivity contribution in [3.05, 3.63) is 99.8 Å². The van der Waals surface area contributed by atoms with Crippen molar-refractivity contribution in [2.24, 2.45) is 0 Å². The largest absolute Gasteiger partial charge is 0.489 e. The number of fused-ring (bicyclic) bond motifs is 1. The number of Topliss-reactive ketones (excluding diaryl/α,β-unsaturated/α-hetero) is 1. The lowest BCUT2D eigenvalue weighted by atomic mass is 10.1. The maximum absolute atomic E-state index is 13.3. The topological polar surface area (TPSA) is 35.5 Å². The van der Waals surface area contributed by atoms with E-state index in [9.17, 15) is 13.6 Å². The Morgan fingerprint density at radius 1 is 1.00 bits per heavy atom. The second kappa shape index (κ2) is 7.44. The summed E-state index contributed by atoms with van der Waals surface area (Å²) < 4.78 is 37.7. The van der Waals surface area contributed by atoms with Crippen LogP contribution in [0.3, 0.4) is 0 Å². The molecule has 1 aliphatic rings. The molecular weight excluding hydrogens is 386 g/mol. The molecule has 0 fully saturated rings. The molecule has 1 aliphatic heterocycles. The highest BCUT2D eigenvalue weighted by Gasteiger charge is 2.27. The third-order valence-corrected chi connectivity index (χ3v) is 4.55. The SMILES string of the molecule is O=C1/C(=C\c2cccc(F)c2)Oc2cc(OCc3ccc(F)cc3Cl)ccc21. The molecule has 0 bridgehead atoms. The molecule has 6 heteroatoms. The van der Waals surface area contributed by atoms with Crippen molar-refractivity contribution in [1.82, 2.24) is 0 Å². The lowest BCUT2D eigenvalue weighted by Crippen LogP contribution is -1.98. The van der Waals surface area contributed by atoms with Gasteiger partial charge in [-0.2, -0.15) is 0 Å². The second-order valence-corrected chi connectivity index (χ2v) is 6.58. The lowest BCUT2D eigenvalue weighted by Gasteiger charge is -2.08. The van der Waals surface area contributed by atoms with Crippen LogP contribution in [0.25, 0.3) is 6.08 Å². The fourth-order valence-electron chi connectivity index (χ4n) is 2.80. The van der Waals surface area contributed by atoms with Crippen LogP contribution in [0.5, 0.6) is 11.5 Å². The van der Waals surface area contributed by atoms with Crippen LogP contribution in [0.1, 0.15) is 21.5 Å². The van der Waals surface area contributed by atoms with Gasteiger partial charge in [-0.05, 0) is 48.0 Å². The molecule has 3 aromatic carbocycles. The first-order valence-electron chi connectivity index (χ1n) is 8.40. The van der Waals surface area contributed by atoms with Gasteiger partial charge in [-0.25, -0.2) is 8.78 Å². The average molecular weight is 399 g/mol. The molecule has 0 spiro atoms. The summed E-state index contributed by atoms with van der Waals surface area (Å²) in [5.41, 5.74) is 1.56. The zero-order valence-electron chi connectivity index (χ0n) is 14.4. The van der Waals surface area contributed by atoms with Crippen molar-refractivity contribution in [1.29, 1.82) is 0 Å². The first kappa shape index (κ1) is 18.2. The molecule has 0 aromatic heterocycles. The molecule has 140 valence electrons. The van der Waals surface area contributed by atoms with Crippen LogP contribution in [0.15, 0.2) is 66.4 Å². The van der Waals surface area contributed by atoms with Crippen molar-refractivity contribution in [2.75, 3.05) is 0 Å². The number of carbonyl (C=O) groups is 1. The summed E-state index contributed by atoms with van der Waals surface area (Å²) in [5.74, 6) is -0.163.